The standard InChI is InChI=1S/C21H17BrO/c1-15-6-10-18-11-9-17(13-20(18)21(15)14-23-2)8-7-16-4-3-5-19(22)12-16/h3-6,9,11-14H,10H2,1-2H3. The molecule has 0 bridgehead atoms. The van der Waals surface area contributed by atoms with E-state index < -0.39 is 0 Å². The minimum atomic E-state index is 0.960. The minimum absolute atomic E-state index is 0.960. The zero-order valence-electron chi connectivity index (χ0n) is 13.2. The molecule has 1 aliphatic rings. The zero-order valence-corrected chi connectivity index (χ0v) is 14.8. The van der Waals surface area contributed by atoms with Gasteiger partial charge in [-0.3, -0.25) is 0 Å². The lowest BCUT2D eigenvalue weighted by molar-refractivity contribution is 0.339. The van der Waals surface area contributed by atoms with Crippen LogP contribution in [0.15, 0.2) is 64.8 Å². The topological polar surface area (TPSA) is 9.23 Å². The van der Waals surface area contributed by atoms with E-state index in [0.717, 1.165) is 27.6 Å². The number of allylic oxidation sites excluding steroid dienone is 3. The molecule has 0 aliphatic heterocycles. The van der Waals surface area contributed by atoms with E-state index in [-0.39, 0.29) is 0 Å². The fourth-order valence-corrected chi connectivity index (χ4v) is 3.05. The first-order valence-electron chi connectivity index (χ1n) is 7.48. The molecule has 114 valence electrons. The van der Waals surface area contributed by atoms with Crippen molar-refractivity contribution < 1.29 is 4.74 Å². The summed E-state index contributed by atoms with van der Waals surface area (Å²) in [4.78, 5) is 0. The maximum absolute atomic E-state index is 5.25. The third-order valence-corrected chi connectivity index (χ3v) is 4.36. The number of methoxy groups -OCH3 is 1. The Morgan fingerprint density at radius 3 is 2.61 bits per heavy atom. The molecule has 0 unspecified atom stereocenters. The molecule has 3 rings (SSSR count). The number of hydrogen-bond acceptors (Lipinski definition) is 1. The lowest BCUT2D eigenvalue weighted by Gasteiger charge is -2.18. The molecule has 0 radical (unpaired) electrons. The zero-order chi connectivity index (χ0) is 16.2. The molecule has 23 heavy (non-hydrogen) atoms. The van der Waals surface area contributed by atoms with Crippen molar-refractivity contribution in [1.29, 1.82) is 0 Å². The second-order valence-corrected chi connectivity index (χ2v) is 6.41. The monoisotopic (exact) mass is 364 g/mol. The summed E-state index contributed by atoms with van der Waals surface area (Å²) < 4.78 is 6.29. The molecule has 0 saturated carbocycles. The summed E-state index contributed by atoms with van der Waals surface area (Å²) >= 11 is 3.47. The number of halogens is 1. The van der Waals surface area contributed by atoms with E-state index in [1.165, 1.54) is 16.7 Å². The molecule has 1 aliphatic carbocycles. The number of benzene rings is 2. The van der Waals surface area contributed by atoms with Gasteiger partial charge in [0.25, 0.3) is 0 Å². The van der Waals surface area contributed by atoms with Gasteiger partial charge in [-0.2, -0.15) is 0 Å². The van der Waals surface area contributed by atoms with Crippen molar-refractivity contribution in [2.24, 2.45) is 0 Å². The number of rotatable bonds is 1. The fraction of sp³-hybridized carbons (Fsp3) is 0.143. The highest BCUT2D eigenvalue weighted by atomic mass is 79.9. The van der Waals surface area contributed by atoms with Gasteiger partial charge >= 0.3 is 0 Å². The van der Waals surface area contributed by atoms with E-state index >= 15 is 0 Å². The van der Waals surface area contributed by atoms with Crippen LogP contribution in [0.25, 0.3) is 5.57 Å². The van der Waals surface area contributed by atoms with E-state index in [4.69, 9.17) is 4.74 Å². The lowest BCUT2D eigenvalue weighted by Crippen LogP contribution is -2.01. The van der Waals surface area contributed by atoms with Gasteiger partial charge in [-0.05, 0) is 60.4 Å². The van der Waals surface area contributed by atoms with Crippen molar-refractivity contribution >= 4 is 21.5 Å². The van der Waals surface area contributed by atoms with Gasteiger partial charge in [-0.25, -0.2) is 0 Å². The largest absolute Gasteiger partial charge is 0.504 e. The van der Waals surface area contributed by atoms with Gasteiger partial charge in [0.15, 0.2) is 0 Å². The summed E-state index contributed by atoms with van der Waals surface area (Å²) in [5.74, 6) is 6.48. The molecule has 0 aromatic heterocycles. The maximum Gasteiger partial charge on any atom is 0.0905 e. The third-order valence-electron chi connectivity index (χ3n) is 3.86. The Labute approximate surface area is 145 Å². The summed E-state index contributed by atoms with van der Waals surface area (Å²) in [6.45, 7) is 2.12. The summed E-state index contributed by atoms with van der Waals surface area (Å²) in [7, 11) is 1.69. The smallest absolute Gasteiger partial charge is 0.0905 e. The van der Waals surface area contributed by atoms with Crippen molar-refractivity contribution in [3.63, 3.8) is 0 Å². The maximum atomic E-state index is 5.25. The second kappa shape index (κ2) is 6.89. The Hall–Kier alpha value is -2.24. The summed E-state index contributed by atoms with van der Waals surface area (Å²) in [6, 6.07) is 14.4. The molecule has 0 atom stereocenters. The van der Waals surface area contributed by atoms with Crippen LogP contribution < -0.4 is 0 Å². The molecule has 0 N–H and O–H groups in total. The van der Waals surface area contributed by atoms with Crippen LogP contribution in [0.2, 0.25) is 0 Å². The summed E-state index contributed by atoms with van der Waals surface area (Å²) in [5.41, 5.74) is 6.93. The summed E-state index contributed by atoms with van der Waals surface area (Å²) in [6.07, 6.45) is 5.01. The molecular formula is C21H17BrO. The van der Waals surface area contributed by atoms with E-state index in [1.54, 1.807) is 7.11 Å². The van der Waals surface area contributed by atoms with Crippen LogP contribution in [0.4, 0.5) is 0 Å². The average Bonchev–Trinajstić information content (AvgIpc) is 2.56. The Bertz CT molecular complexity index is 863. The number of hydrogen-bond donors (Lipinski definition) is 0. The van der Waals surface area contributed by atoms with Crippen molar-refractivity contribution in [2.75, 3.05) is 7.11 Å². The van der Waals surface area contributed by atoms with Crippen molar-refractivity contribution in [3.8, 4) is 11.8 Å². The van der Waals surface area contributed by atoms with Crippen molar-refractivity contribution in [3.05, 3.63) is 87.1 Å². The fourth-order valence-electron chi connectivity index (χ4n) is 2.65. The molecule has 2 aromatic rings. The lowest BCUT2D eigenvalue weighted by atomic mass is 9.87. The highest BCUT2D eigenvalue weighted by Crippen LogP contribution is 2.32. The predicted molar refractivity (Wildman–Crippen MR) is 99.0 cm³/mol. The SMILES string of the molecule is COC=C1C(C)=CCc2ccc(C#Cc3cccc(Br)c3)cc21. The van der Waals surface area contributed by atoms with Crippen LogP contribution >= 0.6 is 15.9 Å². The van der Waals surface area contributed by atoms with Gasteiger partial charge in [-0.1, -0.05) is 46.0 Å². The van der Waals surface area contributed by atoms with Gasteiger partial charge in [0.2, 0.25) is 0 Å². The van der Waals surface area contributed by atoms with Gasteiger partial charge in [0, 0.05) is 21.2 Å². The molecular weight excluding hydrogens is 348 g/mol. The second-order valence-electron chi connectivity index (χ2n) is 5.49. The van der Waals surface area contributed by atoms with Crippen LogP contribution in [0, 0.1) is 11.8 Å². The Kier molecular flexibility index (Phi) is 4.69. The molecule has 2 aromatic carbocycles. The molecule has 2 heteroatoms. The molecule has 1 nitrogen and oxygen atoms in total. The molecule has 0 fully saturated rings. The van der Waals surface area contributed by atoms with Crippen LogP contribution in [0.5, 0.6) is 0 Å². The van der Waals surface area contributed by atoms with Gasteiger partial charge in [-0.15, -0.1) is 0 Å². The average molecular weight is 365 g/mol. The quantitative estimate of drug-likeness (QED) is 0.490. The van der Waals surface area contributed by atoms with E-state index in [9.17, 15) is 0 Å². The first-order chi connectivity index (χ1) is 11.2. The minimum Gasteiger partial charge on any atom is -0.504 e. The molecule has 0 saturated heterocycles. The van der Waals surface area contributed by atoms with E-state index in [1.807, 2.05) is 30.5 Å². The van der Waals surface area contributed by atoms with Crippen LogP contribution in [0.1, 0.15) is 29.2 Å². The molecule has 0 amide bonds. The third kappa shape index (κ3) is 3.57. The van der Waals surface area contributed by atoms with Gasteiger partial charge < -0.3 is 4.74 Å². The normalized spacial score (nSPS) is 14.6. The van der Waals surface area contributed by atoms with E-state index in [0.29, 0.717) is 0 Å². The van der Waals surface area contributed by atoms with Gasteiger partial charge in [0.05, 0.1) is 13.4 Å². The molecule has 0 spiro atoms. The Morgan fingerprint density at radius 2 is 1.87 bits per heavy atom. The highest BCUT2D eigenvalue weighted by molar-refractivity contribution is 9.10. The van der Waals surface area contributed by atoms with Crippen molar-refractivity contribution in [1.82, 2.24) is 0 Å². The Balaban J connectivity index is 1.98. The summed E-state index contributed by atoms with van der Waals surface area (Å²) in [5, 5.41) is 0. The van der Waals surface area contributed by atoms with Crippen LogP contribution in [-0.4, -0.2) is 7.11 Å². The number of fused-ring (bicyclic) bond motifs is 1. The van der Waals surface area contributed by atoms with Crippen molar-refractivity contribution in [2.45, 2.75) is 13.3 Å². The first-order valence-corrected chi connectivity index (χ1v) is 8.27. The van der Waals surface area contributed by atoms with Crippen LogP contribution in [0.3, 0.4) is 0 Å². The van der Waals surface area contributed by atoms with E-state index in [2.05, 4.69) is 59.0 Å². The molecule has 0 heterocycles. The van der Waals surface area contributed by atoms with Gasteiger partial charge in [0.1, 0.15) is 0 Å². The predicted octanol–water partition coefficient (Wildman–Crippen LogP) is 5.34. The first kappa shape index (κ1) is 15.6. The number of ether oxygens (including phenoxy) is 1. The highest BCUT2D eigenvalue weighted by Gasteiger charge is 2.14. The Morgan fingerprint density at radius 1 is 1.09 bits per heavy atom. The van der Waals surface area contributed by atoms with Crippen LogP contribution in [-0.2, 0) is 11.2 Å².